The average molecular weight is 729 g/mol. The minimum atomic E-state index is -0.0710. The Balaban J connectivity index is 3.23. The molecule has 2 aromatic rings. The van der Waals surface area contributed by atoms with Gasteiger partial charge < -0.3 is 18.9 Å². The third-order valence-electron chi connectivity index (χ3n) is 10.8. The Morgan fingerprint density at radius 2 is 0.580 bits per heavy atom. The maximum Gasteiger partial charge on any atom is 0.0470 e. The average Bonchev–Trinajstić information content (AvgIpc) is 3.01. The fraction of sp³-hybridized carbons (Fsp3) is 0.727. The first-order chi connectivity index (χ1) is 22.9. The van der Waals surface area contributed by atoms with Crippen LogP contribution < -0.4 is 10.6 Å². The maximum absolute atomic E-state index is 5.68. The van der Waals surface area contributed by atoms with Gasteiger partial charge in [0.25, 0.3) is 0 Å². The van der Waals surface area contributed by atoms with Gasteiger partial charge >= 0.3 is 0 Å². The topological polar surface area (TPSA) is 36.9 Å². The molecule has 50 heavy (non-hydrogen) atoms. The van der Waals surface area contributed by atoms with Crippen LogP contribution in [0.3, 0.4) is 0 Å². The van der Waals surface area contributed by atoms with Crippen molar-refractivity contribution in [2.45, 2.75) is 155 Å². The van der Waals surface area contributed by atoms with Crippen molar-refractivity contribution in [2.24, 2.45) is 0 Å². The molecule has 0 spiro atoms. The Bertz CT molecular complexity index is 1230. The standard InChI is InChI=1S/C44H74O4P2/c1-39(2,3)31-27-33(41(7,8)19-23-45-15)37(34(28-31)42(9,10)20-24-46-16)49-50-38-35(43(11,12)21-25-47-17)29-32(40(4,5)6)30-36(38)44(13,14)22-26-48-18/h27-30H,19-26H2,1-18H3. The number of ether oxygens (including phenoxy) is 4. The molecule has 0 amide bonds. The normalized spacial score (nSPS) is 13.9. The summed E-state index contributed by atoms with van der Waals surface area (Å²) in [6, 6.07) is 10.1. The predicted octanol–water partition coefficient (Wildman–Crippen LogP) is 11.3. The van der Waals surface area contributed by atoms with E-state index in [1.807, 2.05) is 28.4 Å². The van der Waals surface area contributed by atoms with E-state index in [0.717, 1.165) is 52.1 Å². The molecule has 2 aromatic carbocycles. The molecule has 0 unspecified atom stereocenters. The summed E-state index contributed by atoms with van der Waals surface area (Å²) in [5.41, 5.74) is 8.33. The van der Waals surface area contributed by atoms with Gasteiger partial charge in [-0.1, -0.05) is 121 Å². The zero-order valence-corrected chi connectivity index (χ0v) is 37.3. The predicted molar refractivity (Wildman–Crippen MR) is 221 cm³/mol. The summed E-state index contributed by atoms with van der Waals surface area (Å²) in [6.45, 7) is 36.2. The van der Waals surface area contributed by atoms with E-state index in [0.29, 0.717) is 0 Å². The van der Waals surface area contributed by atoms with Crippen LogP contribution in [0, 0.1) is 0 Å². The molecule has 0 aromatic heterocycles. The number of rotatable bonds is 18. The maximum atomic E-state index is 5.68. The SMILES string of the molecule is COCCC(C)(C)c1cc(C(C)(C)C)cc(C(C)(C)CCOC)c1P=Pc1c(C(C)(C)CCOC)cc(C(C)(C)C)cc1C(C)(C)CCOC. The lowest BCUT2D eigenvalue weighted by atomic mass is 9.72. The molecule has 0 N–H and O–H groups in total. The van der Waals surface area contributed by atoms with Crippen LogP contribution in [0.5, 0.6) is 0 Å². The van der Waals surface area contributed by atoms with E-state index >= 15 is 0 Å². The van der Waals surface area contributed by atoms with Crippen molar-refractivity contribution in [3.63, 3.8) is 0 Å². The highest BCUT2D eigenvalue weighted by atomic mass is 31.7. The Labute approximate surface area is 312 Å². The molecule has 0 radical (unpaired) electrons. The second-order valence-electron chi connectivity index (χ2n) is 19.0. The lowest BCUT2D eigenvalue weighted by Gasteiger charge is -2.36. The lowest BCUT2D eigenvalue weighted by molar-refractivity contribution is 0.173. The van der Waals surface area contributed by atoms with Crippen LogP contribution in [0.15, 0.2) is 24.3 Å². The number of benzene rings is 2. The van der Waals surface area contributed by atoms with Gasteiger partial charge in [0.15, 0.2) is 0 Å². The molecule has 0 aliphatic heterocycles. The summed E-state index contributed by atoms with van der Waals surface area (Å²) in [4.78, 5) is 0. The van der Waals surface area contributed by atoms with Crippen molar-refractivity contribution in [3.8, 4) is 0 Å². The van der Waals surface area contributed by atoms with E-state index in [9.17, 15) is 0 Å². The van der Waals surface area contributed by atoms with Gasteiger partial charge in [-0.15, -0.1) is 0 Å². The molecule has 0 saturated carbocycles. The zero-order valence-electron chi connectivity index (χ0n) is 35.5. The van der Waals surface area contributed by atoms with Gasteiger partial charge in [0.2, 0.25) is 0 Å². The van der Waals surface area contributed by atoms with Gasteiger partial charge in [0.1, 0.15) is 0 Å². The molecule has 0 aliphatic carbocycles. The molecule has 284 valence electrons. The van der Waals surface area contributed by atoms with Crippen LogP contribution in [-0.4, -0.2) is 54.9 Å². The highest BCUT2D eigenvalue weighted by Gasteiger charge is 2.35. The van der Waals surface area contributed by atoms with Gasteiger partial charge in [-0.25, -0.2) is 0 Å². The quantitative estimate of drug-likeness (QED) is 0.143. The van der Waals surface area contributed by atoms with Crippen LogP contribution in [0.25, 0.3) is 0 Å². The number of hydrogen-bond donors (Lipinski definition) is 0. The van der Waals surface area contributed by atoms with Crippen LogP contribution in [0.1, 0.15) is 156 Å². The summed E-state index contributed by atoms with van der Waals surface area (Å²) in [5, 5.41) is 2.92. The van der Waals surface area contributed by atoms with Crippen LogP contribution in [0.4, 0.5) is 0 Å². The summed E-state index contributed by atoms with van der Waals surface area (Å²) in [5.74, 6) is 0. The van der Waals surface area contributed by atoms with E-state index in [1.54, 1.807) is 0 Å². The van der Waals surface area contributed by atoms with E-state index in [1.165, 1.54) is 59.7 Å². The van der Waals surface area contributed by atoms with Crippen molar-refractivity contribution in [1.29, 1.82) is 0 Å². The molecule has 4 nitrogen and oxygen atoms in total. The fourth-order valence-corrected chi connectivity index (χ4v) is 10.5. The smallest absolute Gasteiger partial charge is 0.0470 e. The minimum absolute atomic E-state index is 0.0190. The first-order valence-corrected chi connectivity index (χ1v) is 21.2. The Kier molecular flexibility index (Phi) is 16.0. The monoisotopic (exact) mass is 729 g/mol. The largest absolute Gasteiger partial charge is 0.385 e. The van der Waals surface area contributed by atoms with Crippen LogP contribution in [-0.2, 0) is 51.4 Å². The van der Waals surface area contributed by atoms with Gasteiger partial charge in [0, 0.05) is 65.5 Å². The molecule has 0 saturated heterocycles. The second-order valence-corrected chi connectivity index (χ2v) is 21.5. The first-order valence-electron chi connectivity index (χ1n) is 18.7. The van der Waals surface area contributed by atoms with Gasteiger partial charge in [-0.05, 0) is 107 Å². The van der Waals surface area contributed by atoms with Crippen LogP contribution in [0.2, 0.25) is 0 Å². The molecule has 0 bridgehead atoms. The number of methoxy groups -OCH3 is 4. The molecule has 0 heterocycles. The molecule has 2 rings (SSSR count). The Morgan fingerprint density at radius 1 is 0.380 bits per heavy atom. The van der Waals surface area contributed by atoms with Crippen molar-refractivity contribution >= 4 is 26.3 Å². The molecular weight excluding hydrogens is 654 g/mol. The lowest BCUT2D eigenvalue weighted by Crippen LogP contribution is -2.34. The minimum Gasteiger partial charge on any atom is -0.385 e. The molecule has 0 atom stereocenters. The van der Waals surface area contributed by atoms with Crippen molar-refractivity contribution in [3.05, 3.63) is 57.6 Å². The molecule has 6 heteroatoms. The summed E-state index contributed by atoms with van der Waals surface area (Å²) in [6.07, 6.45) is 3.83. The molecular formula is C44H74O4P2. The summed E-state index contributed by atoms with van der Waals surface area (Å²) in [7, 11) is 9.88. The van der Waals surface area contributed by atoms with Crippen LogP contribution >= 0.6 is 15.7 Å². The Hall–Kier alpha value is -1.12. The summed E-state index contributed by atoms with van der Waals surface area (Å²) >= 11 is 0. The Morgan fingerprint density at radius 3 is 0.740 bits per heavy atom. The zero-order chi connectivity index (χ0) is 38.3. The van der Waals surface area contributed by atoms with E-state index in [-0.39, 0.29) is 32.5 Å². The van der Waals surface area contributed by atoms with E-state index < -0.39 is 0 Å². The van der Waals surface area contributed by atoms with Crippen molar-refractivity contribution < 1.29 is 18.9 Å². The number of hydrogen-bond acceptors (Lipinski definition) is 4. The fourth-order valence-electron chi connectivity index (χ4n) is 6.48. The second kappa shape index (κ2) is 17.8. The van der Waals surface area contributed by atoms with Crippen molar-refractivity contribution in [2.75, 3.05) is 54.9 Å². The highest BCUT2D eigenvalue weighted by Crippen LogP contribution is 2.43. The third kappa shape index (κ3) is 11.7. The van der Waals surface area contributed by atoms with Gasteiger partial charge in [0.05, 0.1) is 0 Å². The van der Waals surface area contributed by atoms with Crippen molar-refractivity contribution in [1.82, 2.24) is 0 Å². The third-order valence-corrected chi connectivity index (χ3v) is 13.8. The summed E-state index contributed by atoms with van der Waals surface area (Å²) < 4.78 is 22.7. The van der Waals surface area contributed by atoms with E-state index in [2.05, 4.69) is 121 Å². The molecule has 0 aliphatic rings. The first kappa shape index (κ1) is 45.0. The van der Waals surface area contributed by atoms with E-state index in [4.69, 9.17) is 18.9 Å². The van der Waals surface area contributed by atoms with Gasteiger partial charge in [-0.3, -0.25) is 0 Å². The highest BCUT2D eigenvalue weighted by molar-refractivity contribution is 7.91. The van der Waals surface area contributed by atoms with Gasteiger partial charge in [-0.2, -0.15) is 0 Å². The molecule has 0 fully saturated rings.